The fourth-order valence-corrected chi connectivity index (χ4v) is 3.23. The first kappa shape index (κ1) is 13.5. The summed E-state index contributed by atoms with van der Waals surface area (Å²) in [6.45, 7) is 2.11. The molecule has 20 heavy (non-hydrogen) atoms. The van der Waals surface area contributed by atoms with E-state index in [2.05, 4.69) is 22.0 Å². The van der Waals surface area contributed by atoms with Crippen LogP contribution >= 0.6 is 11.6 Å². The van der Waals surface area contributed by atoms with E-state index in [4.69, 9.17) is 16.3 Å². The van der Waals surface area contributed by atoms with Crippen LogP contribution in [0.25, 0.3) is 10.8 Å². The zero-order valence-electron chi connectivity index (χ0n) is 11.7. The van der Waals surface area contributed by atoms with Crippen molar-refractivity contribution in [3.63, 3.8) is 0 Å². The summed E-state index contributed by atoms with van der Waals surface area (Å²) in [6, 6.07) is 8.20. The van der Waals surface area contributed by atoms with Crippen LogP contribution in [0.2, 0.25) is 0 Å². The summed E-state index contributed by atoms with van der Waals surface area (Å²) in [5.74, 6) is 3.38. The van der Waals surface area contributed by atoms with E-state index in [1.165, 1.54) is 17.2 Å². The molecule has 3 nitrogen and oxygen atoms in total. The van der Waals surface area contributed by atoms with Crippen molar-refractivity contribution < 1.29 is 4.74 Å². The van der Waals surface area contributed by atoms with Crippen LogP contribution in [0.1, 0.15) is 12.8 Å². The normalized spacial score (nSPS) is 18.7. The quantitative estimate of drug-likeness (QED) is 0.803. The van der Waals surface area contributed by atoms with Gasteiger partial charge in [-0.3, -0.25) is 0 Å². The van der Waals surface area contributed by atoms with Crippen LogP contribution in [0, 0.1) is 5.92 Å². The maximum Gasteiger partial charge on any atom is 0.136 e. The van der Waals surface area contributed by atoms with Crippen molar-refractivity contribution in [2.75, 3.05) is 31.0 Å². The average molecular weight is 291 g/mol. The van der Waals surface area contributed by atoms with Crippen LogP contribution < -0.4 is 9.64 Å². The maximum absolute atomic E-state index is 5.86. The van der Waals surface area contributed by atoms with E-state index < -0.39 is 0 Å². The Balaban J connectivity index is 1.95. The summed E-state index contributed by atoms with van der Waals surface area (Å²) < 4.78 is 5.34. The van der Waals surface area contributed by atoms with Gasteiger partial charge in [0.2, 0.25) is 0 Å². The van der Waals surface area contributed by atoms with E-state index >= 15 is 0 Å². The Kier molecular flexibility index (Phi) is 3.97. The second kappa shape index (κ2) is 5.88. The van der Waals surface area contributed by atoms with Gasteiger partial charge in [0.15, 0.2) is 0 Å². The molecule has 1 aliphatic rings. The maximum atomic E-state index is 5.86. The summed E-state index contributed by atoms with van der Waals surface area (Å²) in [5.41, 5.74) is 0. The van der Waals surface area contributed by atoms with Gasteiger partial charge in [0.1, 0.15) is 11.6 Å². The van der Waals surface area contributed by atoms with Gasteiger partial charge in [-0.15, -0.1) is 11.6 Å². The zero-order valence-corrected chi connectivity index (χ0v) is 12.4. The minimum absolute atomic E-state index is 0.690. The smallest absolute Gasteiger partial charge is 0.136 e. The third kappa shape index (κ3) is 2.55. The molecule has 106 valence electrons. The van der Waals surface area contributed by atoms with E-state index in [9.17, 15) is 0 Å². The van der Waals surface area contributed by atoms with Gasteiger partial charge in [-0.2, -0.15) is 0 Å². The number of alkyl halides is 1. The molecule has 0 N–H and O–H groups in total. The Morgan fingerprint density at radius 1 is 1.40 bits per heavy atom. The van der Waals surface area contributed by atoms with Crippen molar-refractivity contribution in [2.45, 2.75) is 12.8 Å². The number of nitrogens with zero attached hydrogens (tertiary/aromatic N) is 2. The van der Waals surface area contributed by atoms with Gasteiger partial charge >= 0.3 is 0 Å². The highest BCUT2D eigenvalue weighted by molar-refractivity contribution is 6.17. The van der Waals surface area contributed by atoms with Crippen molar-refractivity contribution in [1.29, 1.82) is 0 Å². The van der Waals surface area contributed by atoms with Crippen molar-refractivity contribution >= 4 is 28.2 Å². The number of fused-ring (bicyclic) bond motifs is 1. The first-order valence-corrected chi connectivity index (χ1v) is 7.59. The zero-order chi connectivity index (χ0) is 13.9. The molecule has 0 spiro atoms. The molecule has 2 heterocycles. The largest absolute Gasteiger partial charge is 0.497 e. The van der Waals surface area contributed by atoms with E-state index in [0.717, 1.165) is 37.0 Å². The van der Waals surface area contributed by atoms with E-state index in [1.54, 1.807) is 7.11 Å². The lowest BCUT2D eigenvalue weighted by molar-refractivity contribution is 0.415. The Morgan fingerprint density at radius 2 is 2.30 bits per heavy atom. The molecule has 0 bridgehead atoms. The van der Waals surface area contributed by atoms with Gasteiger partial charge < -0.3 is 9.64 Å². The number of pyridine rings is 1. The van der Waals surface area contributed by atoms with Crippen LogP contribution in [-0.4, -0.2) is 31.1 Å². The molecule has 0 radical (unpaired) electrons. The molecule has 0 saturated carbocycles. The molecule has 1 unspecified atom stereocenters. The van der Waals surface area contributed by atoms with Gasteiger partial charge in [-0.25, -0.2) is 4.98 Å². The van der Waals surface area contributed by atoms with Gasteiger partial charge in [-0.05, 0) is 42.3 Å². The number of hydrogen-bond acceptors (Lipinski definition) is 3. The molecule has 2 aromatic rings. The summed E-state index contributed by atoms with van der Waals surface area (Å²) in [7, 11) is 1.70. The number of anilines is 1. The fourth-order valence-electron chi connectivity index (χ4n) is 2.93. The molecule has 4 heteroatoms. The fraction of sp³-hybridized carbons (Fsp3) is 0.438. The first-order chi connectivity index (χ1) is 9.81. The molecule has 1 atom stereocenters. The molecular formula is C16H19ClN2O. The Morgan fingerprint density at radius 3 is 3.10 bits per heavy atom. The highest BCUT2D eigenvalue weighted by atomic mass is 35.5. The van der Waals surface area contributed by atoms with Crippen LogP contribution in [0.5, 0.6) is 5.75 Å². The van der Waals surface area contributed by atoms with Crippen LogP contribution in [0.4, 0.5) is 5.82 Å². The predicted molar refractivity (Wildman–Crippen MR) is 84.0 cm³/mol. The van der Waals surface area contributed by atoms with Gasteiger partial charge in [0.25, 0.3) is 0 Å². The Hall–Kier alpha value is -1.48. The van der Waals surface area contributed by atoms with Gasteiger partial charge in [-0.1, -0.05) is 6.07 Å². The second-order valence-corrected chi connectivity index (χ2v) is 5.68. The van der Waals surface area contributed by atoms with E-state index in [0.29, 0.717) is 5.92 Å². The number of rotatable bonds is 4. The number of ether oxygens (including phenoxy) is 1. The Labute approximate surface area is 124 Å². The van der Waals surface area contributed by atoms with Gasteiger partial charge in [0.05, 0.1) is 7.11 Å². The minimum atomic E-state index is 0.690. The van der Waals surface area contributed by atoms with Crippen molar-refractivity contribution in [3.05, 3.63) is 30.5 Å². The minimum Gasteiger partial charge on any atom is -0.497 e. The monoisotopic (exact) mass is 290 g/mol. The van der Waals surface area contributed by atoms with Crippen LogP contribution in [-0.2, 0) is 0 Å². The topological polar surface area (TPSA) is 25.4 Å². The molecule has 1 aromatic carbocycles. The summed E-state index contributed by atoms with van der Waals surface area (Å²) >= 11 is 5.86. The number of hydrogen-bond donors (Lipinski definition) is 0. The molecule has 1 aliphatic heterocycles. The highest BCUT2D eigenvalue weighted by Crippen LogP contribution is 2.32. The molecule has 3 rings (SSSR count). The molecule has 1 saturated heterocycles. The van der Waals surface area contributed by atoms with Crippen molar-refractivity contribution in [2.24, 2.45) is 5.92 Å². The number of benzene rings is 1. The van der Waals surface area contributed by atoms with Crippen LogP contribution in [0.3, 0.4) is 0 Å². The van der Waals surface area contributed by atoms with Crippen LogP contribution in [0.15, 0.2) is 30.5 Å². The van der Waals surface area contributed by atoms with E-state index in [1.807, 2.05) is 18.3 Å². The summed E-state index contributed by atoms with van der Waals surface area (Å²) in [5, 5.41) is 2.37. The number of methoxy groups -OCH3 is 1. The lowest BCUT2D eigenvalue weighted by Crippen LogP contribution is -2.21. The standard InChI is InChI=1S/C16H19ClN2O/c1-20-14-3-2-13-5-8-18-16(15(13)10-14)19-9-6-12(11-19)4-7-17/h2-3,5,8,10,12H,4,6-7,9,11H2,1H3. The third-order valence-corrected chi connectivity index (χ3v) is 4.27. The lowest BCUT2D eigenvalue weighted by Gasteiger charge is -2.19. The van der Waals surface area contributed by atoms with Crippen molar-refractivity contribution in [3.8, 4) is 5.75 Å². The SMILES string of the molecule is COc1ccc2ccnc(N3CCC(CCCl)C3)c2c1. The summed E-state index contributed by atoms with van der Waals surface area (Å²) in [6.07, 6.45) is 4.18. The highest BCUT2D eigenvalue weighted by Gasteiger charge is 2.24. The van der Waals surface area contributed by atoms with E-state index in [-0.39, 0.29) is 0 Å². The van der Waals surface area contributed by atoms with Crippen molar-refractivity contribution in [1.82, 2.24) is 4.98 Å². The Bertz CT molecular complexity index is 602. The number of halogens is 1. The molecule has 1 aromatic heterocycles. The molecular weight excluding hydrogens is 272 g/mol. The van der Waals surface area contributed by atoms with Gasteiger partial charge in [0, 0.05) is 30.6 Å². The molecule has 0 aliphatic carbocycles. The predicted octanol–water partition coefficient (Wildman–Crippen LogP) is 3.70. The average Bonchev–Trinajstić information content (AvgIpc) is 2.95. The second-order valence-electron chi connectivity index (χ2n) is 5.30. The lowest BCUT2D eigenvalue weighted by atomic mass is 10.1. The third-order valence-electron chi connectivity index (χ3n) is 4.06. The molecule has 1 fully saturated rings. The molecule has 0 amide bonds. The summed E-state index contributed by atoms with van der Waals surface area (Å²) in [4.78, 5) is 6.97. The first-order valence-electron chi connectivity index (χ1n) is 7.05. The number of aromatic nitrogens is 1.